The minimum absolute atomic E-state index is 0.0112. The Kier molecular flexibility index (Phi) is 4.47. The lowest BCUT2D eigenvalue weighted by molar-refractivity contribution is -0.137. The van der Waals surface area contributed by atoms with Gasteiger partial charge in [0.1, 0.15) is 5.15 Å². The Balaban J connectivity index is 2.05. The molecule has 0 saturated carbocycles. The molecular weight excluding hydrogens is 305 g/mol. The van der Waals surface area contributed by atoms with E-state index in [9.17, 15) is 18.0 Å². The summed E-state index contributed by atoms with van der Waals surface area (Å²) in [6.07, 6.45) is -3.03. The summed E-state index contributed by atoms with van der Waals surface area (Å²) in [5.74, 6) is -0.434. The molecule has 0 aliphatic rings. The predicted molar refractivity (Wildman–Crippen MR) is 71.9 cm³/mol. The zero-order chi connectivity index (χ0) is 15.5. The van der Waals surface area contributed by atoms with Gasteiger partial charge in [0.15, 0.2) is 0 Å². The quantitative estimate of drug-likeness (QED) is 0.878. The molecule has 110 valence electrons. The molecule has 0 atom stereocenters. The van der Waals surface area contributed by atoms with E-state index < -0.39 is 17.6 Å². The topological polar surface area (TPSA) is 42.0 Å². The smallest absolute Gasteiger partial charge is 0.348 e. The number of carbonyl (C=O) groups excluding carboxylic acids is 1. The van der Waals surface area contributed by atoms with E-state index in [-0.39, 0.29) is 11.7 Å². The number of benzene rings is 1. The van der Waals surface area contributed by atoms with E-state index in [1.54, 1.807) is 0 Å². The van der Waals surface area contributed by atoms with Crippen LogP contribution in [0, 0.1) is 0 Å². The molecule has 1 amide bonds. The third-order valence-electron chi connectivity index (χ3n) is 2.70. The van der Waals surface area contributed by atoms with E-state index in [4.69, 9.17) is 11.6 Å². The molecule has 1 aromatic carbocycles. The van der Waals surface area contributed by atoms with Crippen LogP contribution in [-0.2, 0) is 12.7 Å². The van der Waals surface area contributed by atoms with E-state index in [1.807, 2.05) is 0 Å². The summed E-state index contributed by atoms with van der Waals surface area (Å²) in [5, 5.41) is 2.70. The van der Waals surface area contributed by atoms with Crippen molar-refractivity contribution in [2.75, 3.05) is 0 Å². The van der Waals surface area contributed by atoms with Crippen LogP contribution in [0.3, 0.4) is 0 Å². The van der Waals surface area contributed by atoms with Gasteiger partial charge in [0.2, 0.25) is 0 Å². The lowest BCUT2D eigenvalue weighted by atomic mass is 10.1. The zero-order valence-electron chi connectivity index (χ0n) is 10.6. The Bertz CT molecular complexity index is 659. The maximum atomic E-state index is 12.6. The fourth-order valence-electron chi connectivity index (χ4n) is 1.69. The van der Waals surface area contributed by atoms with Crippen molar-refractivity contribution in [2.24, 2.45) is 0 Å². The number of amides is 1. The first-order valence-corrected chi connectivity index (χ1v) is 6.30. The standard InChI is InChI=1S/C14H10ClF3N2O/c15-12-7-10(4-5-19-12)13(21)20-8-9-2-1-3-11(6-9)14(16,17)18/h1-7H,8H2,(H,20,21). The van der Waals surface area contributed by atoms with E-state index in [0.29, 0.717) is 11.1 Å². The molecule has 0 aliphatic heterocycles. The molecule has 1 aromatic heterocycles. The van der Waals surface area contributed by atoms with Crippen LogP contribution in [0.25, 0.3) is 0 Å². The molecule has 1 heterocycles. The van der Waals surface area contributed by atoms with Gasteiger partial charge in [-0.25, -0.2) is 4.98 Å². The summed E-state index contributed by atoms with van der Waals surface area (Å²) in [6, 6.07) is 7.63. The third-order valence-corrected chi connectivity index (χ3v) is 2.90. The molecule has 1 N–H and O–H groups in total. The Labute approximate surface area is 123 Å². The summed E-state index contributed by atoms with van der Waals surface area (Å²) in [5.41, 5.74) is -0.0958. The lowest BCUT2D eigenvalue weighted by Gasteiger charge is -2.09. The van der Waals surface area contributed by atoms with E-state index in [0.717, 1.165) is 12.1 Å². The van der Waals surface area contributed by atoms with Gasteiger partial charge in [0.05, 0.1) is 5.56 Å². The van der Waals surface area contributed by atoms with Crippen molar-refractivity contribution in [3.05, 3.63) is 64.4 Å². The van der Waals surface area contributed by atoms with Crippen LogP contribution < -0.4 is 5.32 Å². The second kappa shape index (κ2) is 6.13. The molecule has 0 bridgehead atoms. The van der Waals surface area contributed by atoms with Crippen molar-refractivity contribution < 1.29 is 18.0 Å². The minimum Gasteiger partial charge on any atom is -0.348 e. The number of hydrogen-bond acceptors (Lipinski definition) is 2. The van der Waals surface area contributed by atoms with Crippen molar-refractivity contribution in [1.29, 1.82) is 0 Å². The monoisotopic (exact) mass is 314 g/mol. The van der Waals surface area contributed by atoms with Crippen LogP contribution in [0.5, 0.6) is 0 Å². The second-order valence-corrected chi connectivity index (χ2v) is 4.64. The van der Waals surface area contributed by atoms with E-state index in [2.05, 4.69) is 10.3 Å². The van der Waals surface area contributed by atoms with Gasteiger partial charge in [-0.2, -0.15) is 13.2 Å². The molecule has 0 saturated heterocycles. The molecule has 0 unspecified atom stereocenters. The Morgan fingerprint density at radius 1 is 1.24 bits per heavy atom. The van der Waals surface area contributed by atoms with Gasteiger partial charge < -0.3 is 5.32 Å². The van der Waals surface area contributed by atoms with Gasteiger partial charge in [0.25, 0.3) is 5.91 Å². The average molecular weight is 315 g/mol. The normalized spacial score (nSPS) is 11.2. The van der Waals surface area contributed by atoms with Crippen molar-refractivity contribution in [3.63, 3.8) is 0 Å². The summed E-state index contributed by atoms with van der Waals surface area (Å²) in [4.78, 5) is 15.6. The third kappa shape index (κ3) is 4.19. The number of pyridine rings is 1. The largest absolute Gasteiger partial charge is 0.416 e. The molecule has 0 fully saturated rings. The van der Waals surface area contributed by atoms with Crippen LogP contribution in [0.4, 0.5) is 13.2 Å². The van der Waals surface area contributed by atoms with Gasteiger partial charge in [-0.05, 0) is 29.8 Å². The van der Waals surface area contributed by atoms with E-state index >= 15 is 0 Å². The fourth-order valence-corrected chi connectivity index (χ4v) is 1.86. The summed E-state index contributed by atoms with van der Waals surface area (Å²) < 4.78 is 37.7. The van der Waals surface area contributed by atoms with E-state index in [1.165, 1.54) is 30.5 Å². The van der Waals surface area contributed by atoms with Gasteiger partial charge in [0, 0.05) is 18.3 Å². The highest BCUT2D eigenvalue weighted by Gasteiger charge is 2.30. The SMILES string of the molecule is O=C(NCc1cccc(C(F)(F)F)c1)c1ccnc(Cl)c1. The zero-order valence-corrected chi connectivity index (χ0v) is 11.4. The van der Waals surface area contributed by atoms with Gasteiger partial charge >= 0.3 is 6.18 Å². The number of carbonyl (C=O) groups is 1. The molecule has 0 radical (unpaired) electrons. The Morgan fingerprint density at radius 2 is 2.00 bits per heavy atom. The molecule has 7 heteroatoms. The number of hydrogen-bond donors (Lipinski definition) is 1. The number of nitrogens with one attached hydrogen (secondary N) is 1. The second-order valence-electron chi connectivity index (χ2n) is 4.25. The number of aromatic nitrogens is 1. The molecular formula is C14H10ClF3N2O. The molecule has 0 spiro atoms. The highest BCUT2D eigenvalue weighted by atomic mass is 35.5. The Hall–Kier alpha value is -2.08. The van der Waals surface area contributed by atoms with Gasteiger partial charge in [-0.1, -0.05) is 23.7 Å². The van der Waals surface area contributed by atoms with Crippen molar-refractivity contribution >= 4 is 17.5 Å². The van der Waals surface area contributed by atoms with Gasteiger partial charge in [-0.15, -0.1) is 0 Å². The average Bonchev–Trinajstić information content (AvgIpc) is 2.44. The molecule has 21 heavy (non-hydrogen) atoms. The number of nitrogens with zero attached hydrogens (tertiary/aromatic N) is 1. The summed E-state index contributed by atoms with van der Waals surface area (Å²) in [7, 11) is 0. The first-order chi connectivity index (χ1) is 9.86. The lowest BCUT2D eigenvalue weighted by Crippen LogP contribution is -2.23. The van der Waals surface area contributed by atoms with Crippen molar-refractivity contribution in [1.82, 2.24) is 10.3 Å². The fraction of sp³-hybridized carbons (Fsp3) is 0.143. The molecule has 0 aliphatic carbocycles. The molecule has 2 aromatic rings. The maximum Gasteiger partial charge on any atom is 0.416 e. The first-order valence-electron chi connectivity index (χ1n) is 5.92. The Morgan fingerprint density at radius 3 is 2.67 bits per heavy atom. The first kappa shape index (κ1) is 15.3. The van der Waals surface area contributed by atoms with Crippen LogP contribution in [-0.4, -0.2) is 10.9 Å². The number of halogens is 4. The number of alkyl halides is 3. The highest BCUT2D eigenvalue weighted by molar-refractivity contribution is 6.29. The van der Waals surface area contributed by atoms with Crippen LogP contribution in [0.1, 0.15) is 21.5 Å². The maximum absolute atomic E-state index is 12.6. The van der Waals surface area contributed by atoms with Crippen LogP contribution in [0.2, 0.25) is 5.15 Å². The summed E-state index contributed by atoms with van der Waals surface area (Å²) >= 11 is 5.66. The van der Waals surface area contributed by atoms with Gasteiger partial charge in [-0.3, -0.25) is 4.79 Å². The predicted octanol–water partition coefficient (Wildman–Crippen LogP) is 3.68. The minimum atomic E-state index is -4.40. The van der Waals surface area contributed by atoms with Crippen LogP contribution >= 0.6 is 11.6 Å². The number of rotatable bonds is 3. The molecule has 2 rings (SSSR count). The molecule has 3 nitrogen and oxygen atoms in total. The van der Waals surface area contributed by atoms with Crippen LogP contribution in [0.15, 0.2) is 42.6 Å². The summed E-state index contributed by atoms with van der Waals surface area (Å²) in [6.45, 7) is -0.0112. The van der Waals surface area contributed by atoms with Crippen molar-refractivity contribution in [2.45, 2.75) is 12.7 Å². The van der Waals surface area contributed by atoms with Crippen molar-refractivity contribution in [3.8, 4) is 0 Å². The highest BCUT2D eigenvalue weighted by Crippen LogP contribution is 2.29.